The highest BCUT2D eigenvalue weighted by molar-refractivity contribution is 5.76. The Kier molecular flexibility index (Phi) is 5.39. The summed E-state index contributed by atoms with van der Waals surface area (Å²) in [5, 5.41) is 11.8. The summed E-state index contributed by atoms with van der Waals surface area (Å²) in [5.74, 6) is -1.10. The zero-order valence-corrected chi connectivity index (χ0v) is 13.1. The number of carboxylic acid groups (broad SMARTS) is 1. The molecule has 116 valence electrons. The van der Waals surface area contributed by atoms with Crippen molar-refractivity contribution in [3.05, 3.63) is 0 Å². The number of likely N-dealkylation sites (tertiary alicyclic amines) is 1. The molecule has 1 atom stereocenters. The molecule has 6 heteroatoms. The van der Waals surface area contributed by atoms with Crippen LogP contribution in [0.2, 0.25) is 0 Å². The predicted octanol–water partition coefficient (Wildman–Crippen LogP) is 0.936. The Morgan fingerprint density at radius 2 is 1.95 bits per heavy atom. The molecule has 0 bridgehead atoms. The molecule has 1 heterocycles. The van der Waals surface area contributed by atoms with Gasteiger partial charge in [-0.15, -0.1) is 0 Å². The standard InChI is InChI=1S/C14H27N3O3/c1-10(12(18)19)11-6-17(7-11)13(20)15-8-14(2,3)9-16(4)5/h10-11H,6-9H2,1-5H3,(H,15,20)(H,18,19). The fourth-order valence-electron chi connectivity index (χ4n) is 2.54. The smallest absolute Gasteiger partial charge is 0.317 e. The number of carbonyl (C=O) groups excluding carboxylic acids is 1. The molecule has 6 nitrogen and oxygen atoms in total. The number of rotatable bonds is 6. The molecule has 0 spiro atoms. The van der Waals surface area contributed by atoms with Gasteiger partial charge in [-0.1, -0.05) is 20.8 Å². The average molecular weight is 285 g/mol. The third-order valence-corrected chi connectivity index (χ3v) is 3.76. The molecule has 1 aliphatic heterocycles. The van der Waals surface area contributed by atoms with Crippen LogP contribution in [0.4, 0.5) is 4.79 Å². The Balaban J connectivity index is 2.31. The second-order valence-corrected chi connectivity index (χ2v) is 6.85. The van der Waals surface area contributed by atoms with Crippen LogP contribution >= 0.6 is 0 Å². The fourth-order valence-corrected chi connectivity index (χ4v) is 2.54. The van der Waals surface area contributed by atoms with Gasteiger partial charge in [0.05, 0.1) is 5.92 Å². The summed E-state index contributed by atoms with van der Waals surface area (Å²) in [6.45, 7) is 8.49. The van der Waals surface area contributed by atoms with Crippen LogP contribution in [0.15, 0.2) is 0 Å². The Morgan fingerprint density at radius 1 is 1.40 bits per heavy atom. The molecule has 1 saturated heterocycles. The molecule has 1 unspecified atom stereocenters. The lowest BCUT2D eigenvalue weighted by molar-refractivity contribution is -0.144. The third-order valence-electron chi connectivity index (χ3n) is 3.76. The maximum Gasteiger partial charge on any atom is 0.317 e. The molecule has 1 fully saturated rings. The molecule has 0 aliphatic carbocycles. The van der Waals surface area contributed by atoms with Crippen LogP contribution in [0.3, 0.4) is 0 Å². The molecular weight excluding hydrogens is 258 g/mol. The van der Waals surface area contributed by atoms with Gasteiger partial charge in [0.2, 0.25) is 0 Å². The summed E-state index contributed by atoms with van der Waals surface area (Å²) < 4.78 is 0. The van der Waals surface area contributed by atoms with Crippen LogP contribution < -0.4 is 5.32 Å². The Hall–Kier alpha value is -1.30. The monoisotopic (exact) mass is 285 g/mol. The van der Waals surface area contributed by atoms with Crippen molar-refractivity contribution in [3.63, 3.8) is 0 Å². The first-order chi connectivity index (χ1) is 9.12. The summed E-state index contributed by atoms with van der Waals surface area (Å²) in [7, 11) is 4.02. The topological polar surface area (TPSA) is 72.9 Å². The fraction of sp³-hybridized carbons (Fsp3) is 0.857. The van der Waals surface area contributed by atoms with Gasteiger partial charge in [0.15, 0.2) is 0 Å². The number of nitrogens with one attached hydrogen (secondary N) is 1. The molecule has 0 radical (unpaired) electrons. The molecule has 0 aromatic rings. The van der Waals surface area contributed by atoms with Crippen molar-refractivity contribution in [1.29, 1.82) is 0 Å². The zero-order chi connectivity index (χ0) is 15.5. The van der Waals surface area contributed by atoms with Crippen LogP contribution in [-0.4, -0.2) is 67.2 Å². The van der Waals surface area contributed by atoms with E-state index in [1.165, 1.54) is 0 Å². The number of hydrogen-bond donors (Lipinski definition) is 2. The number of carbonyl (C=O) groups is 2. The van der Waals surface area contributed by atoms with E-state index in [0.29, 0.717) is 19.6 Å². The first-order valence-electron chi connectivity index (χ1n) is 7.03. The van der Waals surface area contributed by atoms with Crippen LogP contribution in [0.25, 0.3) is 0 Å². The van der Waals surface area contributed by atoms with E-state index in [0.717, 1.165) is 6.54 Å². The highest BCUT2D eigenvalue weighted by Gasteiger charge is 2.37. The minimum atomic E-state index is -0.790. The highest BCUT2D eigenvalue weighted by atomic mass is 16.4. The largest absolute Gasteiger partial charge is 0.481 e. The maximum absolute atomic E-state index is 11.9. The molecule has 0 saturated carbocycles. The van der Waals surface area contributed by atoms with Gasteiger partial charge in [0.1, 0.15) is 0 Å². The Labute approximate surface area is 121 Å². The van der Waals surface area contributed by atoms with Crippen molar-refractivity contribution < 1.29 is 14.7 Å². The van der Waals surface area contributed by atoms with Gasteiger partial charge < -0.3 is 20.2 Å². The molecule has 1 rings (SSSR count). The summed E-state index contributed by atoms with van der Waals surface area (Å²) in [4.78, 5) is 26.6. The normalized spacial score (nSPS) is 17.8. The van der Waals surface area contributed by atoms with Gasteiger partial charge in [0, 0.05) is 32.1 Å². The number of hydrogen-bond acceptors (Lipinski definition) is 3. The molecule has 20 heavy (non-hydrogen) atoms. The average Bonchev–Trinajstić information content (AvgIpc) is 2.22. The van der Waals surface area contributed by atoms with Crippen LogP contribution in [0.1, 0.15) is 20.8 Å². The van der Waals surface area contributed by atoms with Crippen LogP contribution in [0, 0.1) is 17.3 Å². The third kappa shape index (κ3) is 4.67. The van der Waals surface area contributed by atoms with E-state index in [-0.39, 0.29) is 23.3 Å². The SMILES string of the molecule is CC(C(=O)O)C1CN(C(=O)NCC(C)(C)CN(C)C)C1. The highest BCUT2D eigenvalue weighted by Crippen LogP contribution is 2.24. The van der Waals surface area contributed by atoms with Crippen molar-refractivity contribution in [2.45, 2.75) is 20.8 Å². The van der Waals surface area contributed by atoms with Crippen LogP contribution in [-0.2, 0) is 4.79 Å². The second kappa shape index (κ2) is 6.43. The zero-order valence-electron chi connectivity index (χ0n) is 13.1. The number of carboxylic acids is 1. The van der Waals surface area contributed by atoms with Gasteiger partial charge in [-0.05, 0) is 19.5 Å². The lowest BCUT2D eigenvalue weighted by Crippen LogP contribution is -2.57. The molecule has 0 aromatic carbocycles. The summed E-state index contributed by atoms with van der Waals surface area (Å²) >= 11 is 0. The first kappa shape index (κ1) is 16.8. The Morgan fingerprint density at radius 3 is 2.40 bits per heavy atom. The van der Waals surface area contributed by atoms with Gasteiger partial charge in [-0.2, -0.15) is 0 Å². The molecule has 2 amide bonds. The molecular formula is C14H27N3O3. The van der Waals surface area contributed by atoms with E-state index in [9.17, 15) is 9.59 Å². The number of nitrogens with zero attached hydrogens (tertiary/aromatic N) is 2. The molecule has 1 aliphatic rings. The van der Waals surface area contributed by atoms with E-state index < -0.39 is 5.97 Å². The quantitative estimate of drug-likeness (QED) is 0.761. The summed E-state index contributed by atoms with van der Waals surface area (Å²) in [6.07, 6.45) is 0. The summed E-state index contributed by atoms with van der Waals surface area (Å²) in [5.41, 5.74) is 0.0117. The van der Waals surface area contributed by atoms with E-state index in [1.54, 1.807) is 11.8 Å². The van der Waals surface area contributed by atoms with Crippen molar-refractivity contribution in [3.8, 4) is 0 Å². The van der Waals surface area contributed by atoms with Crippen molar-refractivity contribution >= 4 is 12.0 Å². The van der Waals surface area contributed by atoms with E-state index in [1.807, 2.05) is 14.1 Å². The van der Waals surface area contributed by atoms with E-state index in [2.05, 4.69) is 24.1 Å². The predicted molar refractivity (Wildman–Crippen MR) is 77.6 cm³/mol. The van der Waals surface area contributed by atoms with Crippen molar-refractivity contribution in [1.82, 2.24) is 15.1 Å². The number of aliphatic carboxylic acids is 1. The number of amides is 2. The first-order valence-corrected chi connectivity index (χ1v) is 7.03. The van der Waals surface area contributed by atoms with Crippen LogP contribution in [0.5, 0.6) is 0 Å². The second-order valence-electron chi connectivity index (χ2n) is 6.85. The minimum Gasteiger partial charge on any atom is -0.481 e. The lowest BCUT2D eigenvalue weighted by atomic mass is 9.87. The van der Waals surface area contributed by atoms with E-state index in [4.69, 9.17) is 5.11 Å². The van der Waals surface area contributed by atoms with E-state index >= 15 is 0 Å². The lowest BCUT2D eigenvalue weighted by Gasteiger charge is -2.41. The van der Waals surface area contributed by atoms with Gasteiger partial charge in [0.25, 0.3) is 0 Å². The van der Waals surface area contributed by atoms with Crippen molar-refractivity contribution in [2.24, 2.45) is 17.3 Å². The maximum atomic E-state index is 11.9. The van der Waals surface area contributed by atoms with Crippen molar-refractivity contribution in [2.75, 3.05) is 40.3 Å². The summed E-state index contributed by atoms with van der Waals surface area (Å²) in [6, 6.07) is -0.0920. The molecule has 2 N–H and O–H groups in total. The van der Waals surface area contributed by atoms with Gasteiger partial charge >= 0.3 is 12.0 Å². The Bertz CT molecular complexity index is 363. The molecule has 0 aromatic heterocycles. The van der Waals surface area contributed by atoms with Gasteiger partial charge in [-0.25, -0.2) is 4.79 Å². The minimum absolute atomic E-state index is 0.0117. The number of urea groups is 1. The van der Waals surface area contributed by atoms with Gasteiger partial charge in [-0.3, -0.25) is 4.79 Å².